The third-order valence-corrected chi connectivity index (χ3v) is 8.87. The summed E-state index contributed by atoms with van der Waals surface area (Å²) in [4.78, 5) is -0.557. The fourth-order valence-corrected chi connectivity index (χ4v) is 6.17. The van der Waals surface area contributed by atoms with Crippen molar-refractivity contribution in [2.45, 2.75) is 16.7 Å². The monoisotopic (exact) mass is 697 g/mol. The summed E-state index contributed by atoms with van der Waals surface area (Å²) < 4.78 is 67.2. The number of hydrogen-bond donors (Lipinski definition) is 3. The van der Waals surface area contributed by atoms with Gasteiger partial charge in [0.25, 0.3) is 20.2 Å². The Morgan fingerprint density at radius 3 is 1.71 bits per heavy atom. The van der Waals surface area contributed by atoms with Crippen LogP contribution < -0.4 is 5.32 Å². The Kier molecular flexibility index (Phi) is 12.1. The first-order chi connectivity index (χ1) is 22.0. The maximum Gasteiger partial charge on any atom is 0.295 e. The van der Waals surface area contributed by atoms with Crippen molar-refractivity contribution in [2.75, 3.05) is 5.32 Å². The summed E-state index contributed by atoms with van der Waals surface area (Å²) in [5.74, 6) is 0. The van der Waals surface area contributed by atoms with E-state index >= 15 is 0 Å². The van der Waals surface area contributed by atoms with Gasteiger partial charge in [0, 0.05) is 92.0 Å². The second-order valence-corrected chi connectivity index (χ2v) is 13.1. The number of hydrogen-bond acceptors (Lipinski definition) is 9. The molecule has 6 rings (SSSR count). The van der Waals surface area contributed by atoms with Gasteiger partial charge in [-0.2, -0.15) is 21.9 Å². The zero-order valence-corrected chi connectivity index (χ0v) is 31.7. The van der Waals surface area contributed by atoms with Crippen LogP contribution >= 0.6 is 0 Å². The van der Waals surface area contributed by atoms with Crippen LogP contribution in [0.1, 0.15) is 5.56 Å². The number of nitrogens with one attached hydrogen (secondary N) is 1. The molecule has 15 heteroatoms. The first kappa shape index (κ1) is 37.5. The van der Waals surface area contributed by atoms with Crippen molar-refractivity contribution in [3.63, 3.8) is 0 Å². The molecule has 0 heterocycles. The number of aryl methyl sites for hydroxylation is 1. The Bertz CT molecular complexity index is 2420. The van der Waals surface area contributed by atoms with Crippen LogP contribution in [-0.4, -0.2) is 85.1 Å². The van der Waals surface area contributed by atoms with E-state index in [-0.39, 0.29) is 80.0 Å². The van der Waals surface area contributed by atoms with E-state index in [1.165, 1.54) is 30.3 Å². The van der Waals surface area contributed by atoms with Crippen LogP contribution in [0.3, 0.4) is 0 Å². The second kappa shape index (κ2) is 15.5. The molecular weight excluding hydrogens is 673 g/mol. The average Bonchev–Trinajstić information content (AvgIpc) is 3.03. The fraction of sp³-hybridized carbons (Fsp3) is 0.0303. The van der Waals surface area contributed by atoms with Gasteiger partial charge in [-0.1, -0.05) is 60.2 Å². The maximum atomic E-state index is 12.4. The van der Waals surface area contributed by atoms with Gasteiger partial charge in [-0.3, -0.25) is 9.11 Å². The predicted molar refractivity (Wildman–Crippen MR) is 188 cm³/mol. The first-order valence-electron chi connectivity index (χ1n) is 13.8. The van der Waals surface area contributed by atoms with Gasteiger partial charge in [0.05, 0.1) is 27.6 Å². The molecule has 6 aromatic rings. The van der Waals surface area contributed by atoms with Crippen LogP contribution in [0.4, 0.5) is 34.1 Å². The minimum absolute atomic E-state index is 0. The van der Waals surface area contributed by atoms with E-state index in [4.69, 9.17) is 0 Å². The van der Waals surface area contributed by atoms with Gasteiger partial charge < -0.3 is 5.32 Å². The molecular formula is C33H25N5Na2O6S2. The molecule has 0 atom stereocenters. The zero-order valence-electron chi connectivity index (χ0n) is 26.1. The topological polar surface area (TPSA) is 170 Å². The van der Waals surface area contributed by atoms with Crippen molar-refractivity contribution in [3.05, 3.63) is 121 Å². The molecule has 232 valence electrons. The molecule has 0 saturated carbocycles. The molecule has 2 radical (unpaired) electrons. The third-order valence-electron chi connectivity index (χ3n) is 7.12. The Hall–Kier alpha value is -3.34. The van der Waals surface area contributed by atoms with Gasteiger partial charge >= 0.3 is 0 Å². The van der Waals surface area contributed by atoms with Gasteiger partial charge in [0.1, 0.15) is 4.90 Å². The molecule has 0 fully saturated rings. The van der Waals surface area contributed by atoms with E-state index in [1.807, 2.05) is 55.5 Å². The molecule has 0 aromatic heterocycles. The minimum atomic E-state index is -4.58. The van der Waals surface area contributed by atoms with Crippen LogP contribution in [0.5, 0.6) is 0 Å². The van der Waals surface area contributed by atoms with Crippen LogP contribution in [0.2, 0.25) is 0 Å². The van der Waals surface area contributed by atoms with E-state index in [1.54, 1.807) is 36.4 Å². The van der Waals surface area contributed by atoms with Crippen molar-refractivity contribution in [3.8, 4) is 0 Å². The third kappa shape index (κ3) is 8.44. The Labute approximate surface area is 321 Å². The smallest absolute Gasteiger partial charge is 0.295 e. The van der Waals surface area contributed by atoms with E-state index in [0.717, 1.165) is 11.3 Å². The largest absolute Gasteiger partial charge is 0.355 e. The second-order valence-electron chi connectivity index (χ2n) is 10.3. The molecule has 6 aromatic carbocycles. The fourth-order valence-electron chi connectivity index (χ4n) is 4.92. The number of benzene rings is 6. The molecule has 0 unspecified atom stereocenters. The van der Waals surface area contributed by atoms with Gasteiger partial charge in [0.2, 0.25) is 0 Å². The average molecular weight is 698 g/mol. The molecule has 0 saturated heterocycles. The quantitative estimate of drug-likeness (QED) is 0.0812. The van der Waals surface area contributed by atoms with Crippen LogP contribution in [0, 0.1) is 6.92 Å². The molecule has 0 aliphatic rings. The van der Waals surface area contributed by atoms with Crippen LogP contribution in [-0.2, 0) is 20.2 Å². The van der Waals surface area contributed by atoms with Crippen LogP contribution in [0.25, 0.3) is 21.5 Å². The molecule has 0 aliphatic carbocycles. The summed E-state index contributed by atoms with van der Waals surface area (Å²) >= 11 is 0. The van der Waals surface area contributed by atoms with Crippen molar-refractivity contribution in [1.82, 2.24) is 0 Å². The summed E-state index contributed by atoms with van der Waals surface area (Å²) in [7, 11) is -8.97. The Morgan fingerprint density at radius 1 is 0.562 bits per heavy atom. The number of azo groups is 2. The summed E-state index contributed by atoms with van der Waals surface area (Å²) in [5, 5.41) is 22.8. The van der Waals surface area contributed by atoms with E-state index in [2.05, 4.69) is 25.8 Å². The Balaban J connectivity index is 0.00000260. The zero-order chi connectivity index (χ0) is 32.5. The van der Waals surface area contributed by atoms with E-state index < -0.39 is 20.2 Å². The number of nitrogens with zero attached hydrogens (tertiary/aromatic N) is 4. The molecule has 0 amide bonds. The molecule has 0 aliphatic heterocycles. The molecule has 0 spiro atoms. The van der Waals surface area contributed by atoms with Gasteiger partial charge in [0.15, 0.2) is 0 Å². The summed E-state index contributed by atoms with van der Waals surface area (Å²) in [6.45, 7) is 1.96. The SMILES string of the molecule is Cc1ccc(Nc2ccc(N=Nc3ccc(N=Nc4cccc(S(=O)(=O)O)c4)c4ccccc34)c3cccc(S(=O)(=O)O)c23)cc1.[Na].[Na]. The predicted octanol–water partition coefficient (Wildman–Crippen LogP) is 8.61. The molecule has 11 nitrogen and oxygen atoms in total. The number of fused-ring (bicyclic) bond motifs is 2. The standard InChI is InChI=1S/C33H25N5O6S2.2Na/c1-21-12-14-22(15-13-21)34-31-19-18-30(27-10-5-11-32(33(27)31)46(42,43)44)38-37-29-17-16-28(25-8-2-3-9-26(25)29)36-35-23-6-4-7-24(20-23)45(39,40)41;;/h2-20,34H,1H3,(H,39,40,41)(H,42,43,44);;. The number of anilines is 2. The van der Waals surface area contributed by atoms with Gasteiger partial charge in [-0.25, -0.2) is 0 Å². The summed E-state index contributed by atoms with van der Waals surface area (Å²) in [6, 6.07) is 31.7. The minimum Gasteiger partial charge on any atom is -0.355 e. The van der Waals surface area contributed by atoms with Gasteiger partial charge in [-0.15, -0.1) is 15.3 Å². The van der Waals surface area contributed by atoms with Crippen molar-refractivity contribution in [2.24, 2.45) is 20.5 Å². The summed E-state index contributed by atoms with van der Waals surface area (Å²) in [5.41, 5.74) is 3.87. The Morgan fingerprint density at radius 2 is 1.10 bits per heavy atom. The summed E-state index contributed by atoms with van der Waals surface area (Å²) in [6.07, 6.45) is 0. The molecule has 48 heavy (non-hydrogen) atoms. The van der Waals surface area contributed by atoms with Gasteiger partial charge in [-0.05, 0) is 67.6 Å². The van der Waals surface area contributed by atoms with E-state index in [9.17, 15) is 25.9 Å². The normalized spacial score (nSPS) is 11.9. The first-order valence-corrected chi connectivity index (χ1v) is 16.7. The van der Waals surface area contributed by atoms with Crippen molar-refractivity contribution in [1.29, 1.82) is 0 Å². The van der Waals surface area contributed by atoms with Crippen molar-refractivity contribution < 1.29 is 25.9 Å². The maximum absolute atomic E-state index is 12.4. The molecule has 3 N–H and O–H groups in total. The van der Waals surface area contributed by atoms with Crippen LogP contribution in [0.15, 0.2) is 146 Å². The molecule has 0 bridgehead atoms. The van der Waals surface area contributed by atoms with Crippen molar-refractivity contribution >= 4 is 135 Å². The van der Waals surface area contributed by atoms with E-state index in [0.29, 0.717) is 38.9 Å². The number of rotatable bonds is 8.